The lowest BCUT2D eigenvalue weighted by atomic mass is 9.95. The van der Waals surface area contributed by atoms with Crippen molar-refractivity contribution in [1.82, 2.24) is 0 Å². The van der Waals surface area contributed by atoms with E-state index in [0.717, 1.165) is 102 Å². The number of fused-ring (bicyclic) bond motifs is 3. The lowest BCUT2D eigenvalue weighted by molar-refractivity contribution is -0.135. The van der Waals surface area contributed by atoms with Gasteiger partial charge in [0.05, 0.1) is 42.1 Å². The van der Waals surface area contributed by atoms with Crippen molar-refractivity contribution in [3.8, 4) is 56.4 Å². The quantitative estimate of drug-likeness (QED) is 0.0644. The van der Waals surface area contributed by atoms with Gasteiger partial charge >= 0.3 is 5.97 Å². The topological polar surface area (TPSA) is 74.1 Å². The summed E-state index contributed by atoms with van der Waals surface area (Å²) in [4.78, 5) is 21.5. The fourth-order valence-electron chi connectivity index (χ4n) is 8.46. The van der Waals surface area contributed by atoms with Gasteiger partial charge < -0.3 is 33.5 Å². The monoisotopic (exact) mass is 867 g/mol. The van der Waals surface area contributed by atoms with Gasteiger partial charge in [0, 0.05) is 39.7 Å². The average molecular weight is 868 g/mol. The minimum Gasteiger partial charge on any atom is -0.497 e. The summed E-state index contributed by atoms with van der Waals surface area (Å²) in [6.07, 6.45) is 0. The summed E-state index contributed by atoms with van der Waals surface area (Å²) < 4.78 is 27.0. The molecule has 0 saturated heterocycles. The molecule has 66 heavy (non-hydrogen) atoms. The van der Waals surface area contributed by atoms with Crippen molar-refractivity contribution in [2.24, 2.45) is 0 Å². The average Bonchev–Trinajstić information content (AvgIpc) is 3.70. The van der Waals surface area contributed by atoms with Crippen molar-refractivity contribution in [1.29, 1.82) is 0 Å². The Labute approximate surface area is 384 Å². The van der Waals surface area contributed by atoms with Crippen molar-refractivity contribution >= 4 is 45.7 Å². The summed E-state index contributed by atoms with van der Waals surface area (Å²) in [5, 5.41) is 0. The minimum atomic E-state index is -0.683. The molecular formula is C57H45N3O6. The van der Waals surface area contributed by atoms with Crippen molar-refractivity contribution in [3.05, 3.63) is 210 Å². The number of carbonyl (C=O) groups excluding carboxylic acids is 1. The number of hydrogen-bond acceptors (Lipinski definition) is 8. The van der Waals surface area contributed by atoms with Gasteiger partial charge in [-0.3, -0.25) is 4.79 Å². The van der Waals surface area contributed by atoms with E-state index in [1.54, 1.807) is 28.4 Å². The van der Waals surface area contributed by atoms with E-state index in [2.05, 4.69) is 99.6 Å². The van der Waals surface area contributed by atoms with E-state index in [9.17, 15) is 4.79 Å². The second kappa shape index (κ2) is 18.5. The number of ether oxygens (including phenoxy) is 5. The molecule has 0 unspecified atom stereocenters. The van der Waals surface area contributed by atoms with Crippen LogP contribution in [0.3, 0.4) is 0 Å². The van der Waals surface area contributed by atoms with Gasteiger partial charge in [-0.25, -0.2) is 4.85 Å². The maximum Gasteiger partial charge on any atom is 0.336 e. The van der Waals surface area contributed by atoms with Gasteiger partial charge in [0.15, 0.2) is 0 Å². The normalized spacial score (nSPS) is 11.1. The highest BCUT2D eigenvalue weighted by molar-refractivity contribution is 6.12. The van der Waals surface area contributed by atoms with Gasteiger partial charge in [0.25, 0.3) is 5.70 Å². The Bertz CT molecular complexity index is 2810. The highest BCUT2D eigenvalue weighted by Crippen LogP contribution is 2.49. The van der Waals surface area contributed by atoms with Gasteiger partial charge in [-0.15, -0.1) is 0 Å². The Morgan fingerprint density at radius 1 is 0.379 bits per heavy atom. The lowest BCUT2D eigenvalue weighted by Gasteiger charge is -2.26. The van der Waals surface area contributed by atoms with Crippen molar-refractivity contribution in [2.75, 3.05) is 45.3 Å². The Morgan fingerprint density at radius 3 is 0.909 bits per heavy atom. The Balaban J connectivity index is 1.06. The van der Waals surface area contributed by atoms with Crippen LogP contribution in [-0.4, -0.2) is 41.5 Å². The zero-order chi connectivity index (χ0) is 45.7. The van der Waals surface area contributed by atoms with Crippen LogP contribution in [0, 0.1) is 6.57 Å². The van der Waals surface area contributed by atoms with E-state index in [1.807, 2.05) is 97.1 Å². The third-order valence-electron chi connectivity index (χ3n) is 11.8. The number of esters is 1. The molecule has 0 atom stereocenters. The number of anilines is 6. The summed E-state index contributed by atoms with van der Waals surface area (Å²) in [5.74, 6) is 2.41. The van der Waals surface area contributed by atoms with Crippen LogP contribution in [0.15, 0.2) is 188 Å². The maximum atomic E-state index is 13.3. The summed E-state index contributed by atoms with van der Waals surface area (Å²) >= 11 is 0. The molecule has 1 aliphatic rings. The predicted molar refractivity (Wildman–Crippen MR) is 263 cm³/mol. The van der Waals surface area contributed by atoms with Gasteiger partial charge in [0.2, 0.25) is 0 Å². The third kappa shape index (κ3) is 8.15. The fourth-order valence-corrected chi connectivity index (χ4v) is 8.46. The summed E-state index contributed by atoms with van der Waals surface area (Å²) in [6, 6.07) is 61.0. The number of hydrogen-bond donors (Lipinski definition) is 0. The molecule has 0 heterocycles. The van der Waals surface area contributed by atoms with E-state index < -0.39 is 5.97 Å². The first-order chi connectivity index (χ1) is 32.3. The largest absolute Gasteiger partial charge is 0.497 e. The second-order valence-corrected chi connectivity index (χ2v) is 15.4. The predicted octanol–water partition coefficient (Wildman–Crippen LogP) is 13.8. The van der Waals surface area contributed by atoms with E-state index in [1.165, 1.54) is 7.11 Å². The molecule has 8 aromatic carbocycles. The van der Waals surface area contributed by atoms with Crippen LogP contribution < -0.4 is 28.7 Å². The first-order valence-electron chi connectivity index (χ1n) is 21.2. The Morgan fingerprint density at radius 2 is 0.652 bits per heavy atom. The number of nitrogens with zero attached hydrogens (tertiary/aromatic N) is 3. The van der Waals surface area contributed by atoms with E-state index in [4.69, 9.17) is 30.3 Å². The Hall–Kier alpha value is -8.74. The molecule has 0 spiro atoms. The molecule has 0 N–H and O–H groups in total. The minimum absolute atomic E-state index is 0.0678. The molecule has 9 rings (SSSR count). The van der Waals surface area contributed by atoms with E-state index in [0.29, 0.717) is 5.57 Å². The van der Waals surface area contributed by atoms with Crippen LogP contribution in [-0.2, 0) is 9.53 Å². The molecule has 0 aliphatic heterocycles. The fraction of sp³-hybridized carbons (Fsp3) is 0.0877. The van der Waals surface area contributed by atoms with Gasteiger partial charge in [-0.2, -0.15) is 0 Å². The number of rotatable bonds is 13. The first-order valence-corrected chi connectivity index (χ1v) is 21.2. The smallest absolute Gasteiger partial charge is 0.336 e. The summed E-state index contributed by atoms with van der Waals surface area (Å²) in [5.41, 5.74) is 13.6. The first kappa shape index (κ1) is 42.6. The van der Waals surface area contributed by atoms with Crippen molar-refractivity contribution < 1.29 is 28.5 Å². The van der Waals surface area contributed by atoms with Crippen LogP contribution in [0.2, 0.25) is 0 Å². The molecule has 0 aromatic heterocycles. The molecule has 9 nitrogen and oxygen atoms in total. The number of benzene rings is 8. The van der Waals surface area contributed by atoms with Crippen LogP contribution in [0.5, 0.6) is 23.0 Å². The summed E-state index contributed by atoms with van der Waals surface area (Å²) in [7, 11) is 7.94. The molecule has 1 aliphatic carbocycles. The standard InChI is InChI=1S/C57H45N3O6/c1-58-56(57(61)66-6)55-53-35-39(37-7-13-41(14-8-37)59(43-17-25-47(62-2)26-18-43)44-19-27-48(63-3)28-20-44)11-33-51(53)52-34-12-40(36-54(52)55)38-9-15-42(16-10-38)60(45-21-29-49(64-4)30-22-45)46-23-31-50(65-5)32-24-46/h7-36H,2-6H3. The molecular weight excluding hydrogens is 823 g/mol. The Kier molecular flexibility index (Phi) is 12.0. The number of carbonyl (C=O) groups is 1. The molecule has 0 radical (unpaired) electrons. The van der Waals surface area contributed by atoms with Gasteiger partial charge in [-0.05, 0) is 178 Å². The molecule has 9 heteroatoms. The van der Waals surface area contributed by atoms with Crippen LogP contribution in [0.4, 0.5) is 34.1 Å². The molecule has 0 saturated carbocycles. The van der Waals surface area contributed by atoms with E-state index in [-0.39, 0.29) is 5.70 Å². The van der Waals surface area contributed by atoms with Crippen molar-refractivity contribution in [3.63, 3.8) is 0 Å². The highest BCUT2D eigenvalue weighted by atomic mass is 16.5. The van der Waals surface area contributed by atoms with Crippen LogP contribution >= 0.6 is 0 Å². The lowest BCUT2D eigenvalue weighted by Crippen LogP contribution is -2.09. The molecule has 324 valence electrons. The zero-order valence-electron chi connectivity index (χ0n) is 37.1. The molecule has 0 amide bonds. The van der Waals surface area contributed by atoms with Gasteiger partial charge in [0.1, 0.15) is 23.0 Å². The SMILES string of the molecule is [C-]#[N+]C(C(=O)OC)=C1c2cc(-c3ccc(N(c4ccc(OC)cc4)c4ccc(OC)cc4)cc3)ccc2-c2ccc(-c3ccc(N(c4ccc(OC)cc4)c4ccc(OC)cc4)cc3)cc21. The third-order valence-corrected chi connectivity index (χ3v) is 11.8. The van der Waals surface area contributed by atoms with Crippen LogP contribution in [0.1, 0.15) is 11.1 Å². The maximum absolute atomic E-state index is 13.3. The summed E-state index contributed by atoms with van der Waals surface area (Å²) in [6.45, 7) is 8.21. The molecule has 0 fully saturated rings. The van der Waals surface area contributed by atoms with E-state index >= 15 is 0 Å². The van der Waals surface area contributed by atoms with Crippen LogP contribution in [0.25, 0.3) is 43.8 Å². The highest BCUT2D eigenvalue weighted by Gasteiger charge is 2.30. The zero-order valence-corrected chi connectivity index (χ0v) is 37.1. The molecule has 0 bridgehead atoms. The second-order valence-electron chi connectivity index (χ2n) is 15.4. The van der Waals surface area contributed by atoms with Crippen molar-refractivity contribution in [2.45, 2.75) is 0 Å². The number of methoxy groups -OCH3 is 5. The molecule has 8 aromatic rings. The van der Waals surface area contributed by atoms with Gasteiger partial charge in [-0.1, -0.05) is 48.5 Å².